The zero-order valence-electron chi connectivity index (χ0n) is 16.9. The molecule has 160 valence electrons. The van der Waals surface area contributed by atoms with Gasteiger partial charge in [-0.05, 0) is 29.3 Å². The van der Waals surface area contributed by atoms with Crippen LogP contribution in [0, 0.1) is 17.1 Å². The number of carbonyl (C=O) groups excluding carboxylic acids is 3. The standard InChI is InChI=1S/C22H21FN4O4/c1-14(28)25-12-18-13-27(22(30)31-18)17-6-7-19(20(23)10-17)16-4-2-15(3-5-16)11-26-21(29)8-9-24/h2-7,10,18H,8,11-13H2,1H3,(H,25,28)(H,26,29)/t18-/m0/s1. The van der Waals surface area contributed by atoms with E-state index in [9.17, 15) is 18.8 Å². The Labute approximate surface area is 178 Å². The topological polar surface area (TPSA) is 112 Å². The largest absolute Gasteiger partial charge is 0.442 e. The highest BCUT2D eigenvalue weighted by molar-refractivity contribution is 5.90. The Morgan fingerprint density at radius 1 is 1.23 bits per heavy atom. The van der Waals surface area contributed by atoms with E-state index in [1.807, 2.05) is 0 Å². The molecule has 1 atom stereocenters. The number of rotatable bonds is 7. The van der Waals surface area contributed by atoms with Crippen molar-refractivity contribution in [2.75, 3.05) is 18.0 Å². The van der Waals surface area contributed by atoms with Crippen LogP contribution in [0.5, 0.6) is 0 Å². The van der Waals surface area contributed by atoms with Gasteiger partial charge >= 0.3 is 6.09 Å². The summed E-state index contributed by atoms with van der Waals surface area (Å²) >= 11 is 0. The lowest BCUT2D eigenvalue weighted by Gasteiger charge is -2.15. The molecule has 0 aromatic heterocycles. The molecule has 1 saturated heterocycles. The van der Waals surface area contributed by atoms with E-state index in [0.717, 1.165) is 5.56 Å². The SMILES string of the molecule is CC(=O)NC[C@H]1CN(c2ccc(-c3ccc(CNC(=O)CC#N)cc3)c(F)c2)C(=O)O1. The van der Waals surface area contributed by atoms with Gasteiger partial charge in [-0.1, -0.05) is 24.3 Å². The Balaban J connectivity index is 1.67. The number of benzene rings is 2. The summed E-state index contributed by atoms with van der Waals surface area (Å²) in [4.78, 5) is 35.8. The molecule has 1 aliphatic heterocycles. The number of nitriles is 1. The Morgan fingerprint density at radius 3 is 2.61 bits per heavy atom. The molecule has 9 heteroatoms. The molecule has 0 saturated carbocycles. The molecule has 2 N–H and O–H groups in total. The lowest BCUT2D eigenvalue weighted by molar-refractivity contribution is -0.120. The zero-order chi connectivity index (χ0) is 22.4. The van der Waals surface area contributed by atoms with E-state index in [1.165, 1.54) is 17.9 Å². The number of hydrogen-bond acceptors (Lipinski definition) is 5. The van der Waals surface area contributed by atoms with Gasteiger partial charge in [-0.15, -0.1) is 0 Å². The van der Waals surface area contributed by atoms with Gasteiger partial charge in [-0.25, -0.2) is 9.18 Å². The number of ether oxygens (including phenoxy) is 1. The van der Waals surface area contributed by atoms with Gasteiger partial charge in [0.1, 0.15) is 18.3 Å². The van der Waals surface area contributed by atoms with E-state index >= 15 is 0 Å². The molecular weight excluding hydrogens is 403 g/mol. The van der Waals surface area contributed by atoms with Crippen LogP contribution >= 0.6 is 0 Å². The summed E-state index contributed by atoms with van der Waals surface area (Å²) in [5.41, 5.74) is 2.19. The minimum absolute atomic E-state index is 0.196. The van der Waals surface area contributed by atoms with Crippen molar-refractivity contribution >= 4 is 23.6 Å². The van der Waals surface area contributed by atoms with Crippen molar-refractivity contribution < 1.29 is 23.5 Å². The second-order valence-electron chi connectivity index (χ2n) is 7.03. The molecule has 0 aliphatic carbocycles. The summed E-state index contributed by atoms with van der Waals surface area (Å²) in [6, 6.07) is 13.3. The smallest absolute Gasteiger partial charge is 0.414 e. The molecule has 2 aromatic rings. The van der Waals surface area contributed by atoms with E-state index in [-0.39, 0.29) is 37.9 Å². The van der Waals surface area contributed by atoms with Crippen molar-refractivity contribution in [3.63, 3.8) is 0 Å². The first-order chi connectivity index (χ1) is 14.9. The Hall–Kier alpha value is -3.93. The minimum Gasteiger partial charge on any atom is -0.442 e. The lowest BCUT2D eigenvalue weighted by atomic mass is 10.0. The van der Waals surface area contributed by atoms with Crippen LogP contribution in [-0.4, -0.2) is 37.1 Å². The molecule has 3 rings (SSSR count). The van der Waals surface area contributed by atoms with E-state index in [1.54, 1.807) is 42.5 Å². The van der Waals surface area contributed by atoms with Gasteiger partial charge in [0, 0.05) is 19.0 Å². The predicted molar refractivity (Wildman–Crippen MR) is 110 cm³/mol. The maximum atomic E-state index is 14.8. The highest BCUT2D eigenvalue weighted by Gasteiger charge is 2.32. The minimum atomic E-state index is -0.592. The number of anilines is 1. The first kappa shape index (κ1) is 21.8. The molecule has 0 spiro atoms. The highest BCUT2D eigenvalue weighted by Crippen LogP contribution is 2.29. The molecule has 0 unspecified atom stereocenters. The molecular formula is C22H21FN4O4. The van der Waals surface area contributed by atoms with Crippen molar-refractivity contribution in [2.24, 2.45) is 0 Å². The predicted octanol–water partition coefficient (Wildman–Crippen LogP) is 2.48. The zero-order valence-corrected chi connectivity index (χ0v) is 16.9. The van der Waals surface area contributed by atoms with Crippen molar-refractivity contribution in [1.82, 2.24) is 10.6 Å². The number of halogens is 1. The molecule has 8 nitrogen and oxygen atoms in total. The third-order valence-electron chi connectivity index (χ3n) is 4.71. The highest BCUT2D eigenvalue weighted by atomic mass is 19.1. The second-order valence-corrected chi connectivity index (χ2v) is 7.03. The maximum absolute atomic E-state index is 14.8. The first-order valence-electron chi connectivity index (χ1n) is 9.62. The normalized spacial score (nSPS) is 15.2. The van der Waals surface area contributed by atoms with Crippen LogP contribution in [0.15, 0.2) is 42.5 Å². The fraction of sp³-hybridized carbons (Fsp3) is 0.273. The van der Waals surface area contributed by atoms with E-state index in [4.69, 9.17) is 10.00 Å². The summed E-state index contributed by atoms with van der Waals surface area (Å²) in [5, 5.41) is 13.7. The number of hydrogen-bond donors (Lipinski definition) is 2. The van der Waals surface area contributed by atoms with Gasteiger partial charge in [0.2, 0.25) is 11.8 Å². The molecule has 1 fully saturated rings. The quantitative estimate of drug-likeness (QED) is 0.709. The Kier molecular flexibility index (Phi) is 6.82. The molecule has 1 aliphatic rings. The fourth-order valence-corrected chi connectivity index (χ4v) is 3.14. The summed E-state index contributed by atoms with van der Waals surface area (Å²) in [7, 11) is 0. The van der Waals surface area contributed by atoms with E-state index < -0.39 is 18.0 Å². The molecule has 3 amide bonds. The van der Waals surface area contributed by atoms with E-state index in [2.05, 4.69) is 10.6 Å². The van der Waals surface area contributed by atoms with E-state index in [0.29, 0.717) is 16.8 Å². The van der Waals surface area contributed by atoms with Gasteiger partial charge in [0.05, 0.1) is 24.8 Å². The van der Waals surface area contributed by atoms with Crippen LogP contribution in [0.1, 0.15) is 18.9 Å². The molecule has 0 radical (unpaired) electrons. The van der Waals surface area contributed by atoms with Crippen LogP contribution in [0.4, 0.5) is 14.9 Å². The van der Waals surface area contributed by atoms with Gasteiger partial charge in [-0.2, -0.15) is 5.26 Å². The number of nitrogens with zero attached hydrogens (tertiary/aromatic N) is 2. The van der Waals surface area contributed by atoms with Crippen molar-refractivity contribution in [1.29, 1.82) is 5.26 Å². The van der Waals surface area contributed by atoms with Crippen molar-refractivity contribution in [2.45, 2.75) is 26.0 Å². The molecule has 0 bridgehead atoms. The molecule has 1 heterocycles. The fourth-order valence-electron chi connectivity index (χ4n) is 3.14. The summed E-state index contributed by atoms with van der Waals surface area (Å²) in [6.07, 6.45) is -1.29. The number of carbonyl (C=O) groups is 3. The van der Waals surface area contributed by atoms with Crippen LogP contribution in [0.2, 0.25) is 0 Å². The van der Waals surface area contributed by atoms with Gasteiger partial charge in [0.15, 0.2) is 0 Å². The van der Waals surface area contributed by atoms with Gasteiger partial charge in [-0.3, -0.25) is 14.5 Å². The second kappa shape index (κ2) is 9.71. The van der Waals surface area contributed by atoms with Crippen molar-refractivity contribution in [3.8, 4) is 17.2 Å². The Bertz CT molecular complexity index is 1030. The monoisotopic (exact) mass is 424 g/mol. The van der Waals surface area contributed by atoms with Crippen LogP contribution in [0.3, 0.4) is 0 Å². The van der Waals surface area contributed by atoms with Crippen LogP contribution in [-0.2, 0) is 20.9 Å². The maximum Gasteiger partial charge on any atom is 0.414 e. The van der Waals surface area contributed by atoms with Crippen molar-refractivity contribution in [3.05, 3.63) is 53.8 Å². The average molecular weight is 424 g/mol. The van der Waals surface area contributed by atoms with Gasteiger partial charge in [0.25, 0.3) is 0 Å². The number of amides is 3. The number of cyclic esters (lactones) is 1. The van der Waals surface area contributed by atoms with Gasteiger partial charge < -0.3 is 15.4 Å². The number of nitrogens with one attached hydrogen (secondary N) is 2. The average Bonchev–Trinajstić information content (AvgIpc) is 3.12. The summed E-state index contributed by atoms with van der Waals surface area (Å²) in [5.74, 6) is -1.07. The van der Waals surface area contributed by atoms with Crippen LogP contribution < -0.4 is 15.5 Å². The third-order valence-corrected chi connectivity index (χ3v) is 4.71. The third kappa shape index (κ3) is 5.57. The lowest BCUT2D eigenvalue weighted by Crippen LogP contribution is -2.33. The molecule has 31 heavy (non-hydrogen) atoms. The molecule has 2 aromatic carbocycles. The Morgan fingerprint density at radius 2 is 1.97 bits per heavy atom. The summed E-state index contributed by atoms with van der Waals surface area (Å²) in [6.45, 7) is 2.06. The first-order valence-corrected chi connectivity index (χ1v) is 9.62. The summed E-state index contributed by atoms with van der Waals surface area (Å²) < 4.78 is 20.0. The van der Waals surface area contributed by atoms with Crippen LogP contribution in [0.25, 0.3) is 11.1 Å².